The Balaban J connectivity index is 2.59. The molecule has 0 bridgehead atoms. The molecule has 1 aliphatic rings. The molecule has 4 heteroatoms. The zero-order chi connectivity index (χ0) is 10.2. The van der Waals surface area contributed by atoms with Gasteiger partial charge in [0.1, 0.15) is 11.4 Å². The van der Waals surface area contributed by atoms with Crippen molar-refractivity contribution < 1.29 is 10.4 Å². The summed E-state index contributed by atoms with van der Waals surface area (Å²) in [6, 6.07) is 0. The Morgan fingerprint density at radius 2 is 1.00 bits per heavy atom. The Labute approximate surface area is 84.3 Å². The molecule has 0 aromatic carbocycles. The van der Waals surface area contributed by atoms with Crippen molar-refractivity contribution in [1.82, 2.24) is 0 Å². The van der Waals surface area contributed by atoms with E-state index in [1.54, 1.807) is 0 Å². The molecular formula is C10H18N2O2. The van der Waals surface area contributed by atoms with Crippen molar-refractivity contribution in [3.8, 4) is 0 Å². The molecule has 0 aromatic heterocycles. The van der Waals surface area contributed by atoms with E-state index >= 15 is 0 Å². The van der Waals surface area contributed by atoms with Gasteiger partial charge in [-0.2, -0.15) is 0 Å². The lowest BCUT2D eigenvalue weighted by atomic mass is 9.98. The highest BCUT2D eigenvalue weighted by molar-refractivity contribution is 6.42. The third-order valence-corrected chi connectivity index (χ3v) is 2.65. The SMILES string of the molecule is O/N=C1\CCCCCCCC\C1=N/O. The first-order chi connectivity index (χ1) is 6.88. The molecule has 0 atom stereocenters. The van der Waals surface area contributed by atoms with E-state index in [1.807, 2.05) is 0 Å². The highest BCUT2D eigenvalue weighted by atomic mass is 16.4. The van der Waals surface area contributed by atoms with Crippen LogP contribution < -0.4 is 0 Å². The number of nitrogens with zero attached hydrogens (tertiary/aromatic N) is 2. The van der Waals surface area contributed by atoms with E-state index in [2.05, 4.69) is 10.3 Å². The van der Waals surface area contributed by atoms with E-state index in [-0.39, 0.29) is 0 Å². The second-order valence-electron chi connectivity index (χ2n) is 3.71. The van der Waals surface area contributed by atoms with Crippen LogP contribution >= 0.6 is 0 Å². The lowest BCUT2D eigenvalue weighted by Gasteiger charge is -2.09. The highest BCUT2D eigenvalue weighted by Crippen LogP contribution is 2.14. The summed E-state index contributed by atoms with van der Waals surface area (Å²) in [7, 11) is 0. The molecule has 0 aliphatic heterocycles. The summed E-state index contributed by atoms with van der Waals surface area (Å²) in [5.41, 5.74) is 1.10. The van der Waals surface area contributed by atoms with Gasteiger partial charge in [-0.3, -0.25) is 0 Å². The topological polar surface area (TPSA) is 65.2 Å². The van der Waals surface area contributed by atoms with Gasteiger partial charge in [0.25, 0.3) is 0 Å². The fourth-order valence-corrected chi connectivity index (χ4v) is 1.80. The fourth-order valence-electron chi connectivity index (χ4n) is 1.80. The monoisotopic (exact) mass is 198 g/mol. The molecule has 0 radical (unpaired) electrons. The summed E-state index contributed by atoms with van der Waals surface area (Å²) in [6.07, 6.45) is 8.30. The average molecular weight is 198 g/mol. The molecule has 1 saturated carbocycles. The summed E-state index contributed by atoms with van der Waals surface area (Å²) in [4.78, 5) is 0. The van der Waals surface area contributed by atoms with Crippen molar-refractivity contribution in [3.63, 3.8) is 0 Å². The van der Waals surface area contributed by atoms with Crippen LogP contribution in [0.3, 0.4) is 0 Å². The van der Waals surface area contributed by atoms with E-state index in [0.717, 1.165) is 38.5 Å². The quantitative estimate of drug-likeness (QED) is 0.464. The maximum atomic E-state index is 8.77. The van der Waals surface area contributed by atoms with E-state index < -0.39 is 0 Å². The summed E-state index contributed by atoms with van der Waals surface area (Å²) < 4.78 is 0. The van der Waals surface area contributed by atoms with Gasteiger partial charge in [0.15, 0.2) is 0 Å². The normalized spacial score (nSPS) is 26.6. The van der Waals surface area contributed by atoms with Gasteiger partial charge >= 0.3 is 0 Å². The van der Waals surface area contributed by atoms with Gasteiger partial charge < -0.3 is 10.4 Å². The van der Waals surface area contributed by atoms with Crippen LogP contribution in [0.2, 0.25) is 0 Å². The van der Waals surface area contributed by atoms with Crippen molar-refractivity contribution in [1.29, 1.82) is 0 Å². The Morgan fingerprint density at radius 1 is 0.643 bits per heavy atom. The van der Waals surface area contributed by atoms with Crippen LogP contribution in [0.15, 0.2) is 10.3 Å². The number of rotatable bonds is 0. The zero-order valence-electron chi connectivity index (χ0n) is 8.45. The second kappa shape index (κ2) is 6.40. The molecule has 80 valence electrons. The van der Waals surface area contributed by atoms with Crippen LogP contribution in [-0.4, -0.2) is 21.8 Å². The van der Waals surface area contributed by atoms with Crippen molar-refractivity contribution in [3.05, 3.63) is 0 Å². The van der Waals surface area contributed by atoms with Crippen molar-refractivity contribution in [2.24, 2.45) is 10.3 Å². The van der Waals surface area contributed by atoms with E-state index in [0.29, 0.717) is 11.4 Å². The average Bonchev–Trinajstić information content (AvgIpc) is 2.24. The minimum absolute atomic E-state index is 0.550. The van der Waals surface area contributed by atoms with E-state index in [4.69, 9.17) is 10.4 Å². The Bertz CT molecular complexity index is 200. The smallest absolute Gasteiger partial charge is 0.104 e. The molecule has 0 saturated heterocycles. The Hall–Kier alpha value is -1.06. The van der Waals surface area contributed by atoms with Crippen LogP contribution in [-0.2, 0) is 0 Å². The molecule has 0 unspecified atom stereocenters. The largest absolute Gasteiger partial charge is 0.411 e. The van der Waals surface area contributed by atoms with Crippen molar-refractivity contribution >= 4 is 11.4 Å². The summed E-state index contributed by atoms with van der Waals surface area (Å²) in [5.74, 6) is 0. The molecule has 0 aromatic rings. The minimum Gasteiger partial charge on any atom is -0.411 e. The third-order valence-electron chi connectivity index (χ3n) is 2.65. The first kappa shape index (κ1) is 11.0. The molecule has 1 aliphatic carbocycles. The molecule has 1 rings (SSSR count). The van der Waals surface area contributed by atoms with E-state index in [1.165, 1.54) is 12.8 Å². The molecule has 14 heavy (non-hydrogen) atoms. The predicted octanol–water partition coefficient (Wildman–Crippen LogP) is 2.78. The van der Waals surface area contributed by atoms with Gasteiger partial charge in [-0.25, -0.2) is 0 Å². The van der Waals surface area contributed by atoms with Gasteiger partial charge in [0.05, 0.1) is 0 Å². The fraction of sp³-hybridized carbons (Fsp3) is 0.800. The van der Waals surface area contributed by atoms with Crippen LogP contribution in [0.25, 0.3) is 0 Å². The number of oxime groups is 2. The summed E-state index contributed by atoms with van der Waals surface area (Å²) in [5, 5.41) is 23.9. The molecule has 0 heterocycles. The van der Waals surface area contributed by atoms with Gasteiger partial charge in [0, 0.05) is 0 Å². The van der Waals surface area contributed by atoms with Crippen molar-refractivity contribution in [2.75, 3.05) is 0 Å². The van der Waals surface area contributed by atoms with E-state index in [9.17, 15) is 0 Å². The lowest BCUT2D eigenvalue weighted by Crippen LogP contribution is -2.15. The van der Waals surface area contributed by atoms with Crippen LogP contribution in [0.1, 0.15) is 51.4 Å². The molecule has 4 nitrogen and oxygen atoms in total. The van der Waals surface area contributed by atoms with Gasteiger partial charge in [0.2, 0.25) is 0 Å². The van der Waals surface area contributed by atoms with Crippen LogP contribution in [0.4, 0.5) is 0 Å². The van der Waals surface area contributed by atoms with Crippen LogP contribution in [0.5, 0.6) is 0 Å². The Morgan fingerprint density at radius 3 is 1.36 bits per heavy atom. The molecule has 0 amide bonds. The molecular weight excluding hydrogens is 180 g/mol. The highest BCUT2D eigenvalue weighted by Gasteiger charge is 2.11. The summed E-state index contributed by atoms with van der Waals surface area (Å²) >= 11 is 0. The zero-order valence-corrected chi connectivity index (χ0v) is 8.45. The van der Waals surface area contributed by atoms with Gasteiger partial charge in [-0.15, -0.1) is 0 Å². The first-order valence-electron chi connectivity index (χ1n) is 5.30. The maximum absolute atomic E-state index is 8.77. The first-order valence-corrected chi connectivity index (χ1v) is 5.30. The molecule has 2 N–H and O–H groups in total. The Kier molecular flexibility index (Phi) is 5.04. The number of hydrogen-bond acceptors (Lipinski definition) is 4. The minimum atomic E-state index is 0.550. The second-order valence-corrected chi connectivity index (χ2v) is 3.71. The van der Waals surface area contributed by atoms with Crippen LogP contribution in [0, 0.1) is 0 Å². The van der Waals surface area contributed by atoms with Gasteiger partial charge in [-0.1, -0.05) is 36.0 Å². The van der Waals surface area contributed by atoms with Gasteiger partial charge in [-0.05, 0) is 25.7 Å². The summed E-state index contributed by atoms with van der Waals surface area (Å²) in [6.45, 7) is 0. The molecule has 0 spiro atoms. The molecule has 1 fully saturated rings. The lowest BCUT2D eigenvalue weighted by molar-refractivity contribution is 0.311. The maximum Gasteiger partial charge on any atom is 0.104 e. The third kappa shape index (κ3) is 3.36. The predicted molar refractivity (Wildman–Crippen MR) is 55.4 cm³/mol. The van der Waals surface area contributed by atoms with Crippen molar-refractivity contribution in [2.45, 2.75) is 51.4 Å². The standard InChI is InChI=1S/C10H18N2O2/c13-11-9-7-5-3-1-2-4-6-8-10(9)12-14/h13-14H,1-8H2/b11-9+,12-10+. The number of hydrogen-bond donors (Lipinski definition) is 2.